The average molecular weight is 510 g/mol. The second kappa shape index (κ2) is 9.19. The predicted molar refractivity (Wildman–Crippen MR) is 140 cm³/mol. The minimum atomic E-state index is -0.297. The van der Waals surface area contributed by atoms with Crippen LogP contribution in [-0.4, -0.2) is 41.8 Å². The molecule has 0 radical (unpaired) electrons. The van der Waals surface area contributed by atoms with E-state index in [-0.39, 0.29) is 35.4 Å². The van der Waals surface area contributed by atoms with Crippen LogP contribution in [0.2, 0.25) is 0 Å². The molecule has 0 bridgehead atoms. The van der Waals surface area contributed by atoms with Crippen molar-refractivity contribution in [3.8, 4) is 39.9 Å². The van der Waals surface area contributed by atoms with E-state index in [9.17, 15) is 9.59 Å². The molecule has 2 heterocycles. The predicted octanol–water partition coefficient (Wildman–Crippen LogP) is 4.53. The Morgan fingerprint density at radius 3 is 2.34 bits per heavy atom. The first-order valence-electron chi connectivity index (χ1n) is 12.0. The summed E-state index contributed by atoms with van der Waals surface area (Å²) in [6.07, 6.45) is 0.281. The molecule has 0 unspecified atom stereocenters. The Kier molecular flexibility index (Phi) is 5.68. The molecular formula is C29H23N3O6. The Hall–Kier alpha value is -4.92. The van der Waals surface area contributed by atoms with Gasteiger partial charge in [0.1, 0.15) is 5.75 Å². The zero-order chi connectivity index (χ0) is 26.4. The lowest BCUT2D eigenvalue weighted by atomic mass is 10.0. The Morgan fingerprint density at radius 2 is 1.63 bits per heavy atom. The zero-order valence-corrected chi connectivity index (χ0v) is 21.0. The molecule has 1 aliphatic carbocycles. The lowest BCUT2D eigenvalue weighted by Crippen LogP contribution is -2.25. The quantitative estimate of drug-likeness (QED) is 0.309. The first kappa shape index (κ1) is 23.5. The molecule has 38 heavy (non-hydrogen) atoms. The largest absolute Gasteiger partial charge is 0.497 e. The van der Waals surface area contributed by atoms with Crippen LogP contribution < -0.4 is 19.8 Å². The molecule has 1 aliphatic rings. The van der Waals surface area contributed by atoms with E-state index >= 15 is 0 Å². The average Bonchev–Trinajstić information content (AvgIpc) is 3.55. The van der Waals surface area contributed by atoms with Crippen molar-refractivity contribution in [1.82, 2.24) is 14.7 Å². The second-order valence-corrected chi connectivity index (χ2v) is 8.77. The molecule has 3 aromatic carbocycles. The van der Waals surface area contributed by atoms with Gasteiger partial charge in [-0.25, -0.2) is 0 Å². The highest BCUT2D eigenvalue weighted by Crippen LogP contribution is 2.43. The molecular weight excluding hydrogens is 486 g/mol. The monoisotopic (exact) mass is 509 g/mol. The second-order valence-electron chi connectivity index (χ2n) is 8.77. The van der Waals surface area contributed by atoms with E-state index in [0.29, 0.717) is 45.2 Å². The number of carbonyl (C=O) groups is 1. The summed E-state index contributed by atoms with van der Waals surface area (Å²) < 4.78 is 23.3. The van der Waals surface area contributed by atoms with Gasteiger partial charge in [0.2, 0.25) is 11.7 Å². The third-order valence-electron chi connectivity index (χ3n) is 6.80. The highest BCUT2D eigenvalue weighted by atomic mass is 16.5. The number of pyridine rings is 1. The van der Waals surface area contributed by atoms with E-state index < -0.39 is 0 Å². The van der Waals surface area contributed by atoms with Crippen LogP contribution in [0.3, 0.4) is 0 Å². The lowest BCUT2D eigenvalue weighted by Gasteiger charge is -2.17. The summed E-state index contributed by atoms with van der Waals surface area (Å²) in [4.78, 5) is 32.1. The van der Waals surface area contributed by atoms with Crippen LogP contribution in [0.4, 0.5) is 0 Å². The minimum absolute atomic E-state index is 0.138. The summed E-state index contributed by atoms with van der Waals surface area (Å²) >= 11 is 0. The SMILES string of the molecule is COc1ccc(-c2noc(CCn3c4c(c5ccc(OC)c(OC)c5c3=O)C(=O)c3ccccc3-4)n2)cc1. The highest BCUT2D eigenvalue weighted by molar-refractivity contribution is 6.27. The van der Waals surface area contributed by atoms with Crippen molar-refractivity contribution in [2.75, 3.05) is 21.3 Å². The first-order valence-corrected chi connectivity index (χ1v) is 12.0. The molecule has 9 nitrogen and oxygen atoms in total. The lowest BCUT2D eigenvalue weighted by molar-refractivity contribution is 0.104. The molecule has 5 aromatic rings. The van der Waals surface area contributed by atoms with Crippen molar-refractivity contribution in [1.29, 1.82) is 0 Å². The van der Waals surface area contributed by atoms with Gasteiger partial charge < -0.3 is 23.3 Å². The normalized spacial score (nSPS) is 11.9. The van der Waals surface area contributed by atoms with Crippen LogP contribution in [0.1, 0.15) is 21.8 Å². The fraction of sp³-hybridized carbons (Fsp3) is 0.172. The van der Waals surface area contributed by atoms with Gasteiger partial charge in [0.25, 0.3) is 5.56 Å². The van der Waals surface area contributed by atoms with E-state index in [1.165, 1.54) is 14.2 Å². The van der Waals surface area contributed by atoms with Gasteiger partial charge in [-0.1, -0.05) is 29.4 Å². The van der Waals surface area contributed by atoms with E-state index in [2.05, 4.69) is 10.1 Å². The number of aryl methyl sites for hydroxylation is 1. The minimum Gasteiger partial charge on any atom is -0.497 e. The van der Waals surface area contributed by atoms with Gasteiger partial charge in [-0.15, -0.1) is 0 Å². The molecule has 0 spiro atoms. The first-order chi connectivity index (χ1) is 18.5. The molecule has 0 fully saturated rings. The molecule has 2 aromatic heterocycles. The van der Waals surface area contributed by atoms with Gasteiger partial charge in [-0.3, -0.25) is 9.59 Å². The Morgan fingerprint density at radius 1 is 0.868 bits per heavy atom. The van der Waals surface area contributed by atoms with Gasteiger partial charge in [-0.2, -0.15) is 4.98 Å². The number of fused-ring (bicyclic) bond motifs is 5. The Bertz CT molecular complexity index is 1770. The van der Waals surface area contributed by atoms with Crippen LogP contribution in [0.15, 0.2) is 70.0 Å². The molecule has 9 heteroatoms. The number of ether oxygens (including phenoxy) is 3. The summed E-state index contributed by atoms with van der Waals surface area (Å²) in [5, 5.41) is 4.91. The Balaban J connectivity index is 1.47. The van der Waals surface area contributed by atoms with E-state index in [1.54, 1.807) is 29.9 Å². The summed E-state index contributed by atoms with van der Waals surface area (Å²) in [6, 6.07) is 18.1. The fourth-order valence-corrected chi connectivity index (χ4v) is 5.01. The van der Waals surface area contributed by atoms with Gasteiger partial charge in [0.15, 0.2) is 17.3 Å². The molecule has 190 valence electrons. The van der Waals surface area contributed by atoms with Gasteiger partial charge in [0, 0.05) is 35.0 Å². The standard InChI is InChI=1S/C29H23N3O6/c1-35-17-10-8-16(9-11-17)28-30-22(38-31-28)14-15-32-25-18-6-4-5-7-19(18)26(33)23(25)20-12-13-21(36-2)27(37-3)24(20)29(32)34/h4-13H,14-15H2,1-3H3. The maximum Gasteiger partial charge on any atom is 0.262 e. The van der Waals surface area contributed by atoms with Crippen molar-refractivity contribution in [2.24, 2.45) is 0 Å². The number of methoxy groups -OCH3 is 3. The summed E-state index contributed by atoms with van der Waals surface area (Å²) in [7, 11) is 4.58. The third kappa shape index (κ3) is 3.54. The number of nitrogens with zero attached hydrogens (tertiary/aromatic N) is 3. The van der Waals surface area contributed by atoms with Crippen LogP contribution in [0.5, 0.6) is 17.2 Å². The third-order valence-corrected chi connectivity index (χ3v) is 6.80. The smallest absolute Gasteiger partial charge is 0.262 e. The van der Waals surface area contributed by atoms with E-state index in [4.69, 9.17) is 18.7 Å². The number of hydrogen-bond acceptors (Lipinski definition) is 8. The number of rotatable bonds is 7. The molecule has 0 atom stereocenters. The molecule has 0 N–H and O–H groups in total. The topological polar surface area (TPSA) is 106 Å². The van der Waals surface area contributed by atoms with Crippen LogP contribution >= 0.6 is 0 Å². The van der Waals surface area contributed by atoms with Crippen molar-refractivity contribution >= 4 is 16.6 Å². The maximum absolute atomic E-state index is 14.0. The number of benzene rings is 3. The highest BCUT2D eigenvalue weighted by Gasteiger charge is 2.34. The molecule has 0 amide bonds. The van der Waals surface area contributed by atoms with Gasteiger partial charge >= 0.3 is 0 Å². The number of carbonyl (C=O) groups excluding carboxylic acids is 1. The van der Waals surface area contributed by atoms with Crippen molar-refractivity contribution in [3.63, 3.8) is 0 Å². The zero-order valence-electron chi connectivity index (χ0n) is 21.0. The summed E-state index contributed by atoms with van der Waals surface area (Å²) in [5.41, 5.74) is 2.79. The van der Waals surface area contributed by atoms with Crippen molar-refractivity contribution < 1.29 is 23.5 Å². The maximum atomic E-state index is 14.0. The van der Waals surface area contributed by atoms with Gasteiger partial charge in [0.05, 0.1) is 38.0 Å². The number of hydrogen-bond donors (Lipinski definition) is 0. The summed E-state index contributed by atoms with van der Waals surface area (Å²) in [6.45, 7) is 0.212. The van der Waals surface area contributed by atoms with Crippen LogP contribution in [0, 0.1) is 0 Å². The fourth-order valence-electron chi connectivity index (χ4n) is 5.01. The van der Waals surface area contributed by atoms with Crippen molar-refractivity contribution in [3.05, 3.63) is 88.0 Å². The molecule has 0 saturated heterocycles. The van der Waals surface area contributed by atoms with Gasteiger partial charge in [-0.05, 0) is 36.4 Å². The van der Waals surface area contributed by atoms with Crippen LogP contribution in [-0.2, 0) is 13.0 Å². The van der Waals surface area contributed by atoms with E-state index in [0.717, 1.165) is 11.3 Å². The molecule has 0 aliphatic heterocycles. The molecule has 6 rings (SSSR count). The number of ketones is 1. The van der Waals surface area contributed by atoms with Crippen molar-refractivity contribution in [2.45, 2.75) is 13.0 Å². The number of aromatic nitrogens is 3. The summed E-state index contributed by atoms with van der Waals surface area (Å²) in [5.74, 6) is 2.09. The van der Waals surface area contributed by atoms with Crippen LogP contribution in [0.25, 0.3) is 33.4 Å². The Labute approximate surface area is 217 Å². The molecule has 0 saturated carbocycles. The van der Waals surface area contributed by atoms with E-state index in [1.807, 2.05) is 42.5 Å².